The smallest absolute Gasteiger partial charge is 0.483 e. The van der Waals surface area contributed by atoms with Crippen LogP contribution in [0, 0.1) is 20.3 Å². The van der Waals surface area contributed by atoms with E-state index in [0.717, 1.165) is 6.54 Å². The van der Waals surface area contributed by atoms with Crippen LogP contribution in [0.1, 0.15) is 34.6 Å². The molecule has 1 atom stereocenters. The van der Waals surface area contributed by atoms with Crippen molar-refractivity contribution < 1.29 is 28.4 Å². The van der Waals surface area contributed by atoms with E-state index < -0.39 is 11.6 Å². The average molecular weight is 221 g/mol. The molecule has 0 amide bonds. The minimum Gasteiger partial charge on any atom is -0.483 e. The van der Waals surface area contributed by atoms with E-state index in [0.29, 0.717) is 6.04 Å². The summed E-state index contributed by atoms with van der Waals surface area (Å²) >= 11 is 0. The molecule has 0 saturated carbocycles. The molecule has 0 aromatic heterocycles. The second kappa shape index (κ2) is 11.4. The molecule has 0 rings (SSSR count). The Hall–Kier alpha value is -0.103. The number of hydrogen-bond donors (Lipinski definition) is 1. The SMILES string of the molecule is [CH2-]C(=O)OC(C)(C)C.[CH2-][C@H](C)NC[CH-]C.[Li+]. The Balaban J connectivity index is -0.000000200. The molecule has 0 bridgehead atoms. The Morgan fingerprint density at radius 3 is 2.00 bits per heavy atom. The minimum absolute atomic E-state index is 0. The van der Waals surface area contributed by atoms with Gasteiger partial charge >= 0.3 is 18.9 Å². The fourth-order valence-corrected chi connectivity index (χ4v) is 0.661. The standard InChI is InChI=1S/C6H13N.C6H11O2.Li/c1-4-5-7-6(2)3;1-5(7)8-6(2,3)4;/h4,6-7H,2,5H2,1,3H3;1H2,2-4H3;/q-2;-1;+1/t6-;;/m1../s1. The molecule has 92 valence electrons. The number of nitrogens with one attached hydrogen (secondary N) is 1. The summed E-state index contributed by atoms with van der Waals surface area (Å²) in [6, 6.07) is 0.371. The molecule has 4 heteroatoms. The van der Waals surface area contributed by atoms with Crippen molar-refractivity contribution in [1.82, 2.24) is 5.32 Å². The van der Waals surface area contributed by atoms with Gasteiger partial charge in [-0.2, -0.15) is 6.92 Å². The maximum atomic E-state index is 10.1. The van der Waals surface area contributed by atoms with Crippen LogP contribution in [0.4, 0.5) is 0 Å². The fraction of sp³-hybridized carbons (Fsp3) is 0.667. The summed E-state index contributed by atoms with van der Waals surface area (Å²) < 4.78 is 4.69. The zero-order valence-electron chi connectivity index (χ0n) is 11.6. The van der Waals surface area contributed by atoms with Gasteiger partial charge in [0.05, 0.1) is 0 Å². The van der Waals surface area contributed by atoms with Crippen molar-refractivity contribution in [3.05, 3.63) is 20.3 Å². The van der Waals surface area contributed by atoms with Crippen molar-refractivity contribution >= 4 is 5.97 Å². The Bertz CT molecular complexity index is 165. The largest absolute Gasteiger partial charge is 1.00 e. The van der Waals surface area contributed by atoms with Crippen LogP contribution in [0.25, 0.3) is 0 Å². The van der Waals surface area contributed by atoms with E-state index in [2.05, 4.69) is 30.3 Å². The average Bonchev–Trinajstić information content (AvgIpc) is 1.96. The third-order valence-corrected chi connectivity index (χ3v) is 1.09. The molecule has 0 radical (unpaired) electrons. The van der Waals surface area contributed by atoms with Gasteiger partial charge in [0.2, 0.25) is 0 Å². The first-order chi connectivity index (χ1) is 6.69. The van der Waals surface area contributed by atoms with Gasteiger partial charge in [0, 0.05) is 0 Å². The first kappa shape index (κ1) is 21.2. The molecule has 0 saturated heterocycles. The molecule has 0 unspecified atom stereocenters. The van der Waals surface area contributed by atoms with Crippen LogP contribution in [0.3, 0.4) is 0 Å². The van der Waals surface area contributed by atoms with Crippen LogP contribution >= 0.6 is 0 Å². The van der Waals surface area contributed by atoms with Crippen molar-refractivity contribution in [1.29, 1.82) is 0 Å². The van der Waals surface area contributed by atoms with E-state index in [1.807, 2.05) is 13.8 Å². The van der Waals surface area contributed by atoms with Crippen molar-refractivity contribution in [3.63, 3.8) is 0 Å². The van der Waals surface area contributed by atoms with Crippen LogP contribution in [0.5, 0.6) is 0 Å². The maximum absolute atomic E-state index is 10.1. The van der Waals surface area contributed by atoms with E-state index in [9.17, 15) is 4.79 Å². The Morgan fingerprint density at radius 2 is 1.94 bits per heavy atom. The summed E-state index contributed by atoms with van der Waals surface area (Å²) in [5.41, 5.74) is -0.390. The molecule has 0 fully saturated rings. The molecule has 0 aromatic rings. The zero-order valence-corrected chi connectivity index (χ0v) is 11.6. The Morgan fingerprint density at radius 1 is 1.50 bits per heavy atom. The van der Waals surface area contributed by atoms with Gasteiger partial charge in [-0.15, -0.1) is 12.6 Å². The Labute approximate surface area is 113 Å². The number of carbonyl (C=O) groups is 1. The number of hydrogen-bond acceptors (Lipinski definition) is 3. The molecule has 0 aliphatic heterocycles. The second-order valence-corrected chi connectivity index (χ2v) is 4.30. The molecule has 0 spiro atoms. The Kier molecular flexibility index (Phi) is 15.1. The predicted octanol–water partition coefficient (Wildman–Crippen LogP) is -0.811. The van der Waals surface area contributed by atoms with Gasteiger partial charge in [-0.3, -0.25) is 11.7 Å². The minimum atomic E-state index is -0.475. The van der Waals surface area contributed by atoms with Crippen LogP contribution in [-0.4, -0.2) is 24.2 Å². The fourth-order valence-electron chi connectivity index (χ4n) is 0.661. The third kappa shape index (κ3) is 29.2. The van der Waals surface area contributed by atoms with Gasteiger partial charge < -0.3 is 23.4 Å². The molecule has 0 aliphatic rings. The van der Waals surface area contributed by atoms with Gasteiger partial charge in [0.25, 0.3) is 0 Å². The normalized spacial score (nSPS) is 11.6. The summed E-state index contributed by atoms with van der Waals surface area (Å²) in [6.45, 7) is 17.2. The summed E-state index contributed by atoms with van der Waals surface area (Å²) in [4.78, 5) is 10.1. The van der Waals surface area contributed by atoms with Gasteiger partial charge in [0.1, 0.15) is 5.60 Å². The van der Waals surface area contributed by atoms with Crippen molar-refractivity contribution in [3.8, 4) is 0 Å². The second-order valence-electron chi connectivity index (χ2n) is 4.30. The van der Waals surface area contributed by atoms with Crippen LogP contribution in [0.15, 0.2) is 0 Å². The molecule has 16 heavy (non-hydrogen) atoms. The van der Waals surface area contributed by atoms with E-state index in [4.69, 9.17) is 0 Å². The first-order valence-electron chi connectivity index (χ1n) is 5.08. The van der Waals surface area contributed by atoms with E-state index in [-0.39, 0.29) is 18.9 Å². The molecule has 0 aliphatic carbocycles. The topological polar surface area (TPSA) is 38.3 Å². The molecule has 0 heterocycles. The number of esters is 1. The number of rotatable bonds is 3. The van der Waals surface area contributed by atoms with Crippen molar-refractivity contribution in [2.24, 2.45) is 0 Å². The van der Waals surface area contributed by atoms with Crippen molar-refractivity contribution in [2.45, 2.75) is 46.3 Å². The molecule has 3 nitrogen and oxygen atoms in total. The van der Waals surface area contributed by atoms with E-state index in [1.54, 1.807) is 20.8 Å². The van der Waals surface area contributed by atoms with Crippen molar-refractivity contribution in [2.75, 3.05) is 6.54 Å². The quantitative estimate of drug-likeness (QED) is 0.385. The predicted molar refractivity (Wildman–Crippen MR) is 64.0 cm³/mol. The summed E-state index contributed by atoms with van der Waals surface area (Å²) in [5, 5.41) is 3.13. The maximum Gasteiger partial charge on any atom is 1.00 e. The van der Waals surface area contributed by atoms with Crippen LogP contribution in [-0.2, 0) is 9.53 Å². The van der Waals surface area contributed by atoms with E-state index in [1.165, 1.54) is 0 Å². The number of carbonyl (C=O) groups excluding carboxylic acids is 1. The molecular weight excluding hydrogens is 197 g/mol. The molecular formula is C12H24LiNO2-2. The monoisotopic (exact) mass is 221 g/mol. The third-order valence-electron chi connectivity index (χ3n) is 1.09. The van der Waals surface area contributed by atoms with Gasteiger partial charge in [-0.05, 0) is 20.8 Å². The van der Waals surface area contributed by atoms with Crippen LogP contribution in [0.2, 0.25) is 0 Å². The van der Waals surface area contributed by atoms with Crippen LogP contribution < -0.4 is 24.2 Å². The van der Waals surface area contributed by atoms with Gasteiger partial charge in [-0.25, -0.2) is 0 Å². The summed E-state index contributed by atoms with van der Waals surface area (Å²) in [5.74, 6) is -0.475. The molecule has 0 aromatic carbocycles. The first-order valence-corrected chi connectivity index (χ1v) is 5.08. The summed E-state index contributed by atoms with van der Waals surface area (Å²) in [7, 11) is 0. The zero-order chi connectivity index (χ0) is 12.5. The van der Waals surface area contributed by atoms with Gasteiger partial charge in [0.15, 0.2) is 5.97 Å². The van der Waals surface area contributed by atoms with E-state index >= 15 is 0 Å². The molecule has 1 N–H and O–H groups in total. The summed E-state index contributed by atoms with van der Waals surface area (Å²) in [6.07, 6.45) is 2.07. The number of ether oxygens (including phenoxy) is 1. The van der Waals surface area contributed by atoms with Gasteiger partial charge in [-0.1, -0.05) is 6.92 Å².